The lowest BCUT2D eigenvalue weighted by Gasteiger charge is -2.29. The molecule has 0 unspecified atom stereocenters. The lowest BCUT2D eigenvalue weighted by molar-refractivity contribution is 0.408. The molecule has 1 heterocycles. The molecule has 0 aliphatic rings. The van der Waals surface area contributed by atoms with Gasteiger partial charge in [0.05, 0.1) is 35.1 Å². The van der Waals surface area contributed by atoms with Gasteiger partial charge >= 0.3 is 0 Å². The lowest BCUT2D eigenvalue weighted by atomic mass is 10.2. The second-order valence-electron chi connectivity index (χ2n) is 8.67. The largest absolute Gasteiger partial charge is 0.364 e. The van der Waals surface area contributed by atoms with E-state index in [0.29, 0.717) is 23.5 Å². The summed E-state index contributed by atoms with van der Waals surface area (Å²) in [5, 5.41) is 9.20. The van der Waals surface area contributed by atoms with Crippen molar-refractivity contribution in [3.63, 3.8) is 0 Å². The van der Waals surface area contributed by atoms with Crippen LogP contribution in [0.5, 0.6) is 0 Å². The van der Waals surface area contributed by atoms with Gasteiger partial charge in [-0.3, -0.25) is 0 Å². The van der Waals surface area contributed by atoms with Crippen LogP contribution in [0.15, 0.2) is 96.3 Å². The van der Waals surface area contributed by atoms with Crippen LogP contribution in [0.2, 0.25) is 0 Å². The van der Waals surface area contributed by atoms with Crippen LogP contribution in [-0.4, -0.2) is 35.4 Å². The summed E-state index contributed by atoms with van der Waals surface area (Å²) in [5.74, 6) is 0. The Hall–Kier alpha value is -3.93. The predicted molar refractivity (Wildman–Crippen MR) is 141 cm³/mol. The third-order valence-electron chi connectivity index (χ3n) is 6.16. The van der Waals surface area contributed by atoms with Crippen LogP contribution >= 0.6 is 0 Å². The fourth-order valence-electron chi connectivity index (χ4n) is 4.07. The molecule has 0 N–H and O–H groups in total. The number of hydrogen-bond donors (Lipinski definition) is 0. The molecule has 1 aromatic heterocycles. The molecule has 184 valence electrons. The number of nitrogens with zero attached hydrogens (tertiary/aromatic N) is 5. The fourth-order valence-corrected chi connectivity index (χ4v) is 5.71. The number of sulfonamides is 1. The molecule has 0 aliphatic heterocycles. The van der Waals surface area contributed by atoms with Crippen molar-refractivity contribution in [3.05, 3.63) is 114 Å². The van der Waals surface area contributed by atoms with Crippen LogP contribution in [0.3, 0.4) is 0 Å². The van der Waals surface area contributed by atoms with Crippen molar-refractivity contribution in [3.8, 4) is 6.07 Å². The number of aryl methyl sites for hydroxylation is 2. The van der Waals surface area contributed by atoms with E-state index in [1.165, 1.54) is 0 Å². The second-order valence-corrected chi connectivity index (χ2v) is 10.6. The van der Waals surface area contributed by atoms with Crippen molar-refractivity contribution in [2.45, 2.75) is 24.9 Å². The first-order valence-electron chi connectivity index (χ1n) is 11.7. The Morgan fingerprint density at radius 3 is 2.25 bits per heavy atom. The average molecular weight is 500 g/mol. The number of aromatic nitrogens is 2. The summed E-state index contributed by atoms with van der Waals surface area (Å²) in [6, 6.07) is 26.2. The molecule has 8 heteroatoms. The van der Waals surface area contributed by atoms with E-state index in [0.717, 1.165) is 22.5 Å². The summed E-state index contributed by atoms with van der Waals surface area (Å²) in [5.41, 5.74) is 4.12. The summed E-state index contributed by atoms with van der Waals surface area (Å²) in [6.07, 6.45) is 3.55. The van der Waals surface area contributed by atoms with E-state index in [1.54, 1.807) is 34.9 Å². The molecule has 0 atom stereocenters. The normalized spacial score (nSPS) is 11.4. The van der Waals surface area contributed by atoms with Crippen molar-refractivity contribution in [2.75, 3.05) is 18.0 Å². The molecule has 3 aromatic carbocycles. The highest BCUT2D eigenvalue weighted by Gasteiger charge is 2.27. The van der Waals surface area contributed by atoms with Crippen molar-refractivity contribution < 1.29 is 8.42 Å². The molecule has 0 amide bonds. The van der Waals surface area contributed by atoms with Crippen molar-refractivity contribution in [2.24, 2.45) is 7.05 Å². The molecule has 7 nitrogen and oxygen atoms in total. The van der Waals surface area contributed by atoms with Gasteiger partial charge in [-0.15, -0.1) is 0 Å². The Labute approximate surface area is 212 Å². The van der Waals surface area contributed by atoms with Crippen LogP contribution in [0.1, 0.15) is 22.4 Å². The summed E-state index contributed by atoms with van der Waals surface area (Å²) < 4.78 is 31.1. The maximum atomic E-state index is 13.8. The molecule has 0 spiro atoms. The monoisotopic (exact) mass is 499 g/mol. The van der Waals surface area contributed by atoms with Gasteiger partial charge in [-0.05, 0) is 48.4 Å². The highest BCUT2D eigenvalue weighted by atomic mass is 32.2. The van der Waals surface area contributed by atoms with E-state index in [9.17, 15) is 13.7 Å². The Morgan fingerprint density at radius 2 is 1.61 bits per heavy atom. The van der Waals surface area contributed by atoms with Gasteiger partial charge in [0.25, 0.3) is 0 Å². The summed E-state index contributed by atoms with van der Waals surface area (Å²) in [4.78, 5) is 6.65. The van der Waals surface area contributed by atoms with Gasteiger partial charge in [0.15, 0.2) is 0 Å². The SMILES string of the molecule is Cc1ccccc1S(=O)(=O)N(CCN(Cc1cncn1C)c1ccc(C#N)cc1)Cc1ccccc1. The topological polar surface area (TPSA) is 82.2 Å². The molecule has 0 radical (unpaired) electrons. The molecule has 0 saturated heterocycles. The first-order valence-corrected chi connectivity index (χ1v) is 13.1. The molecule has 4 aromatic rings. The van der Waals surface area contributed by atoms with Crippen LogP contribution in [0, 0.1) is 18.3 Å². The molecular weight excluding hydrogens is 470 g/mol. The standard InChI is InChI=1S/C28H29N5O2S/c1-23-8-6-7-11-28(23)36(34,35)33(20-25-9-4-3-5-10-25)17-16-32(21-27-19-30-22-31(27)2)26-14-12-24(18-29)13-15-26/h3-15,19,22H,16-17,20-21H2,1-2H3. The van der Waals surface area contributed by atoms with Gasteiger partial charge in [-0.1, -0.05) is 48.5 Å². The number of hydrogen-bond acceptors (Lipinski definition) is 5. The van der Waals surface area contributed by atoms with E-state index >= 15 is 0 Å². The first-order chi connectivity index (χ1) is 17.4. The molecular formula is C28H29N5O2S. The summed E-state index contributed by atoms with van der Waals surface area (Å²) in [6.45, 7) is 3.37. The minimum Gasteiger partial charge on any atom is -0.364 e. The third kappa shape index (κ3) is 5.82. The zero-order valence-corrected chi connectivity index (χ0v) is 21.3. The molecule has 36 heavy (non-hydrogen) atoms. The molecule has 0 saturated carbocycles. The fraction of sp³-hybridized carbons (Fsp3) is 0.214. The van der Waals surface area contributed by atoms with Crippen molar-refractivity contribution in [1.29, 1.82) is 5.26 Å². The minimum atomic E-state index is -3.74. The van der Waals surface area contributed by atoms with Crippen LogP contribution in [-0.2, 0) is 30.2 Å². The van der Waals surface area contributed by atoms with Gasteiger partial charge in [-0.25, -0.2) is 13.4 Å². The Bertz CT molecular complexity index is 1440. The molecule has 4 rings (SSSR count). The lowest BCUT2D eigenvalue weighted by Crippen LogP contribution is -2.38. The number of benzene rings is 3. The van der Waals surface area contributed by atoms with E-state index in [-0.39, 0.29) is 13.1 Å². The van der Waals surface area contributed by atoms with E-state index < -0.39 is 10.0 Å². The van der Waals surface area contributed by atoms with E-state index in [4.69, 9.17) is 0 Å². The van der Waals surface area contributed by atoms with Gasteiger partial charge in [-0.2, -0.15) is 9.57 Å². The van der Waals surface area contributed by atoms with Gasteiger partial charge in [0.1, 0.15) is 0 Å². The smallest absolute Gasteiger partial charge is 0.243 e. The minimum absolute atomic E-state index is 0.268. The van der Waals surface area contributed by atoms with Crippen LogP contribution in [0.4, 0.5) is 5.69 Å². The molecule has 0 bridgehead atoms. The second kappa shape index (κ2) is 11.2. The van der Waals surface area contributed by atoms with Gasteiger partial charge in [0.2, 0.25) is 10.0 Å². The molecule has 0 fully saturated rings. The maximum absolute atomic E-state index is 13.8. The average Bonchev–Trinajstić information content (AvgIpc) is 3.30. The third-order valence-corrected chi connectivity index (χ3v) is 8.17. The summed E-state index contributed by atoms with van der Waals surface area (Å²) in [7, 11) is -1.81. The number of imidazole rings is 1. The van der Waals surface area contributed by atoms with Crippen molar-refractivity contribution >= 4 is 15.7 Å². The zero-order chi connectivity index (χ0) is 25.5. The van der Waals surface area contributed by atoms with Crippen LogP contribution < -0.4 is 4.90 Å². The maximum Gasteiger partial charge on any atom is 0.243 e. The van der Waals surface area contributed by atoms with Crippen molar-refractivity contribution in [1.82, 2.24) is 13.9 Å². The number of anilines is 1. The van der Waals surface area contributed by atoms with E-state index in [1.807, 2.05) is 79.3 Å². The van der Waals surface area contributed by atoms with E-state index in [2.05, 4.69) is 16.0 Å². The number of rotatable bonds is 10. The highest BCUT2D eigenvalue weighted by Crippen LogP contribution is 2.23. The van der Waals surface area contributed by atoms with Crippen LogP contribution in [0.25, 0.3) is 0 Å². The molecule has 0 aliphatic carbocycles. The van der Waals surface area contributed by atoms with Gasteiger partial charge in [0, 0.05) is 38.6 Å². The first kappa shape index (κ1) is 25.2. The Balaban J connectivity index is 1.65. The Morgan fingerprint density at radius 1 is 0.917 bits per heavy atom. The summed E-state index contributed by atoms with van der Waals surface area (Å²) >= 11 is 0. The number of nitriles is 1. The predicted octanol–water partition coefficient (Wildman–Crippen LogP) is 4.50. The zero-order valence-electron chi connectivity index (χ0n) is 20.4. The Kier molecular flexibility index (Phi) is 7.84. The van der Waals surface area contributed by atoms with Gasteiger partial charge < -0.3 is 9.47 Å². The highest BCUT2D eigenvalue weighted by molar-refractivity contribution is 7.89. The quantitative estimate of drug-likeness (QED) is 0.321.